The van der Waals surface area contributed by atoms with Crippen molar-refractivity contribution in [3.63, 3.8) is 0 Å². The number of Topliss-reactive ketones (excluding diaryl/α,β-unsaturated/α-hetero) is 4. The molecule has 18 atom stereocenters. The first-order chi connectivity index (χ1) is 55.6. The van der Waals surface area contributed by atoms with Crippen LogP contribution in [0.5, 0.6) is 0 Å². The number of aliphatic hydroxyl groups excluding tert-OH is 10. The third-order valence-corrected chi connectivity index (χ3v) is 24.4. The van der Waals surface area contributed by atoms with Crippen molar-refractivity contribution in [3.05, 3.63) is 0 Å². The van der Waals surface area contributed by atoms with Crippen LogP contribution in [-0.2, 0) is 80.4 Å². The minimum absolute atomic E-state index is 0.00115. The van der Waals surface area contributed by atoms with Gasteiger partial charge in [-0.05, 0) is 109 Å². The Kier molecular flexibility index (Phi) is 53.7. The Morgan fingerprint density at radius 1 is 0.397 bits per heavy atom. The Labute approximate surface area is 688 Å². The molecule has 0 aromatic carbocycles. The molecule has 4 aliphatic rings. The van der Waals surface area contributed by atoms with Crippen LogP contribution in [0.15, 0.2) is 0 Å². The second-order valence-corrected chi connectivity index (χ2v) is 34.6. The van der Waals surface area contributed by atoms with Crippen molar-refractivity contribution in [2.24, 2.45) is 35.5 Å². The second-order valence-electron chi connectivity index (χ2n) is 33.1. The standard InChI is InChI=1S/C83H149N4O28P/c1-58-70(46-61(51-88)80(103)77(58)100)112-40-22-19-30-65(91)26-13-11-15-28-67(93)35-43-109-55-83(86-75(98)33-17-9-7-5-6-8-10-18-34-76(99)87-50-69(95)49-64(87)54-115-116(106,107)108-4,56-110-44-36-68(94)29-16-12-14-27-66(92)31-20-23-41-113-71-47-62(52-89)81(104)78(101)59(71)2)57-111-45-37-74(97)85-39-25-38-84-73(96)32-21-24-42-114-72-48-63(53-90)82(105)79(102)60(72)3/h58-64,69-72,77-82,88-90,95,100-105H,5-57H2,1-4H3,(H,84,96)(H,85,97)(H,86,98)(H,106,107)/t58?,59?,60?,61?,62?,63?,64-,69+,70?,71?,72?,77?,78?,79?,80?,81?,82?,83?/m0/s1. The number of ketones is 4. The van der Waals surface area contributed by atoms with E-state index in [0.29, 0.717) is 168 Å². The van der Waals surface area contributed by atoms with E-state index in [0.717, 1.165) is 45.6 Å². The maximum atomic E-state index is 14.1. The summed E-state index contributed by atoms with van der Waals surface area (Å²) in [6.07, 6.45) is 10.8. The van der Waals surface area contributed by atoms with E-state index in [1.54, 1.807) is 6.92 Å². The fourth-order valence-corrected chi connectivity index (χ4v) is 16.1. The van der Waals surface area contributed by atoms with Crippen LogP contribution >= 0.6 is 7.82 Å². The van der Waals surface area contributed by atoms with Crippen molar-refractivity contribution in [1.82, 2.24) is 20.9 Å². The molecule has 0 radical (unpaired) electrons. The fraction of sp³-hybridized carbons (Fsp3) is 0.904. The molecule has 16 unspecified atom stereocenters. The summed E-state index contributed by atoms with van der Waals surface area (Å²) in [4.78, 5) is 116. The Morgan fingerprint density at radius 2 is 0.724 bits per heavy atom. The summed E-state index contributed by atoms with van der Waals surface area (Å²) >= 11 is 0. The topological polar surface area (TPSA) is 489 Å². The van der Waals surface area contributed by atoms with E-state index in [2.05, 4.69) is 20.5 Å². The van der Waals surface area contributed by atoms with Crippen LogP contribution in [0.4, 0.5) is 0 Å². The van der Waals surface area contributed by atoms with Crippen LogP contribution in [0.3, 0.4) is 0 Å². The van der Waals surface area contributed by atoms with Gasteiger partial charge in [0.1, 0.15) is 28.7 Å². The number of nitrogens with zero attached hydrogens (tertiary/aromatic N) is 1. The van der Waals surface area contributed by atoms with Crippen LogP contribution in [0, 0.1) is 35.5 Å². The predicted molar refractivity (Wildman–Crippen MR) is 429 cm³/mol. The Balaban J connectivity index is 1.28. The van der Waals surface area contributed by atoms with Gasteiger partial charge in [-0.1, -0.05) is 72.1 Å². The third kappa shape index (κ3) is 41.7. The van der Waals surface area contributed by atoms with Crippen molar-refractivity contribution in [1.29, 1.82) is 0 Å². The minimum Gasteiger partial charge on any atom is -0.396 e. The summed E-state index contributed by atoms with van der Waals surface area (Å²) in [5, 5.41) is 110. The van der Waals surface area contributed by atoms with E-state index >= 15 is 0 Å². The van der Waals surface area contributed by atoms with E-state index in [1.807, 2.05) is 13.8 Å². The van der Waals surface area contributed by atoms with Crippen molar-refractivity contribution in [2.45, 2.75) is 331 Å². The van der Waals surface area contributed by atoms with E-state index in [1.165, 1.54) is 4.90 Å². The number of phosphoric acid groups is 1. The number of rotatable bonds is 68. The summed E-state index contributed by atoms with van der Waals surface area (Å²) in [6, 6.07) is -0.546. The van der Waals surface area contributed by atoms with Crippen LogP contribution in [0.1, 0.15) is 258 Å². The van der Waals surface area contributed by atoms with Gasteiger partial charge in [0.2, 0.25) is 23.6 Å². The highest BCUT2D eigenvalue weighted by molar-refractivity contribution is 7.47. The molecule has 4 amide bonds. The number of nitrogens with one attached hydrogen (secondary N) is 3. The highest BCUT2D eigenvalue weighted by atomic mass is 31.2. The zero-order chi connectivity index (χ0) is 85.3. The summed E-state index contributed by atoms with van der Waals surface area (Å²) in [7, 11) is -3.20. The number of carbonyl (C=O) groups excluding carboxylic acids is 8. The monoisotopic (exact) mass is 1680 g/mol. The molecule has 1 aliphatic heterocycles. The molecular weight excluding hydrogens is 1530 g/mol. The van der Waals surface area contributed by atoms with Gasteiger partial charge >= 0.3 is 7.82 Å². The highest BCUT2D eigenvalue weighted by Gasteiger charge is 2.45. The lowest BCUT2D eigenvalue weighted by Gasteiger charge is -2.40. The number of hydrogen-bond acceptors (Lipinski definition) is 27. The van der Waals surface area contributed by atoms with Gasteiger partial charge in [0, 0.05) is 179 Å². The number of amides is 4. The number of ether oxygens (including phenoxy) is 6. The first-order valence-corrected chi connectivity index (χ1v) is 45.0. The Bertz CT molecular complexity index is 2600. The van der Waals surface area contributed by atoms with Crippen molar-refractivity contribution >= 4 is 54.6 Å². The van der Waals surface area contributed by atoms with Crippen LogP contribution < -0.4 is 16.0 Å². The largest absolute Gasteiger partial charge is 0.471 e. The highest BCUT2D eigenvalue weighted by Crippen LogP contribution is 2.43. The summed E-state index contributed by atoms with van der Waals surface area (Å²) in [5.74, 6) is -3.11. The molecule has 674 valence electrons. The first kappa shape index (κ1) is 104. The number of likely N-dealkylation sites (tertiary alicyclic amines) is 1. The number of β-amino-alcohol motifs (C(OH)–C–C–N with tert-alkyl or cyclic N) is 1. The van der Waals surface area contributed by atoms with Crippen LogP contribution in [0.25, 0.3) is 0 Å². The molecule has 116 heavy (non-hydrogen) atoms. The molecule has 4 fully saturated rings. The maximum absolute atomic E-state index is 14.1. The SMILES string of the molecule is COP(=O)(O)OC[C@@H]1C[C@@H](O)CN1C(=O)CCCCCCCCCCC(=O)NC(COCCC(=O)CCCCCC(=O)CCCCOC1CC(CO)C(O)C(O)C1C)(COCCC(=O)CCCCCC(=O)CCCCOC1CC(CO)C(O)C(O)C1C)COCCC(=O)NCCCNC(=O)CCCCOC1CC(CO)C(O)C(O)C1C. The average Bonchev–Trinajstić information content (AvgIpc) is 1.41. The van der Waals surface area contributed by atoms with Gasteiger partial charge in [-0.2, -0.15) is 0 Å². The van der Waals surface area contributed by atoms with E-state index in [-0.39, 0.29) is 220 Å². The van der Waals surface area contributed by atoms with Gasteiger partial charge in [-0.3, -0.25) is 47.4 Å². The zero-order valence-corrected chi connectivity index (χ0v) is 70.9. The van der Waals surface area contributed by atoms with Gasteiger partial charge in [-0.25, -0.2) is 4.57 Å². The molecule has 0 aromatic heterocycles. The number of carbonyl (C=O) groups is 8. The molecule has 1 saturated heterocycles. The molecule has 3 saturated carbocycles. The molecular formula is C83H149N4O28P. The average molecular weight is 1680 g/mol. The van der Waals surface area contributed by atoms with Crippen molar-refractivity contribution < 1.29 is 136 Å². The molecule has 33 heteroatoms. The molecule has 14 N–H and O–H groups in total. The van der Waals surface area contributed by atoms with Crippen molar-refractivity contribution in [2.75, 3.05) is 113 Å². The second kappa shape index (κ2) is 59.7. The predicted octanol–water partition coefficient (Wildman–Crippen LogP) is 5.26. The lowest BCUT2D eigenvalue weighted by Crippen LogP contribution is -2.58. The fourth-order valence-electron chi connectivity index (χ4n) is 15.7. The Hall–Kier alpha value is -3.97. The number of unbranched alkanes of at least 4 members (excludes halogenated alkanes) is 14. The molecule has 0 spiro atoms. The smallest absolute Gasteiger partial charge is 0.396 e. The van der Waals surface area contributed by atoms with Gasteiger partial charge in [-0.15, -0.1) is 0 Å². The van der Waals surface area contributed by atoms with Gasteiger partial charge in [0.05, 0.1) is 113 Å². The maximum Gasteiger partial charge on any atom is 0.471 e. The summed E-state index contributed by atoms with van der Waals surface area (Å²) in [5.41, 5.74) is -1.34. The van der Waals surface area contributed by atoms with E-state index in [4.69, 9.17) is 32.9 Å². The van der Waals surface area contributed by atoms with Crippen LogP contribution in [0.2, 0.25) is 0 Å². The number of hydrogen-bond donors (Lipinski definition) is 14. The number of phosphoric ester groups is 1. The van der Waals surface area contributed by atoms with Gasteiger partial charge in [0.25, 0.3) is 0 Å². The number of aliphatic hydroxyl groups is 10. The van der Waals surface area contributed by atoms with Gasteiger partial charge in [0.15, 0.2) is 0 Å². The molecule has 3 aliphatic carbocycles. The Morgan fingerprint density at radius 3 is 1.12 bits per heavy atom. The molecule has 0 aromatic rings. The van der Waals surface area contributed by atoms with E-state index in [9.17, 15) is 98.9 Å². The van der Waals surface area contributed by atoms with E-state index < -0.39 is 79.9 Å². The lowest BCUT2D eigenvalue weighted by molar-refractivity contribution is -0.144. The molecule has 1 heterocycles. The first-order valence-electron chi connectivity index (χ1n) is 43.5. The minimum atomic E-state index is -4.25. The molecule has 0 bridgehead atoms. The molecule has 4 rings (SSSR count). The van der Waals surface area contributed by atoms with Crippen LogP contribution in [-0.4, -0.2) is 293 Å². The van der Waals surface area contributed by atoms with Gasteiger partial charge < -0.3 is 105 Å². The summed E-state index contributed by atoms with van der Waals surface area (Å²) < 4.78 is 57.8. The quantitative estimate of drug-likeness (QED) is 0.0272. The molecule has 32 nitrogen and oxygen atoms in total. The van der Waals surface area contributed by atoms with Crippen molar-refractivity contribution in [3.8, 4) is 0 Å². The third-order valence-electron chi connectivity index (χ3n) is 23.5. The summed E-state index contributed by atoms with van der Waals surface area (Å²) in [6.45, 7) is 5.72. The normalized spacial score (nSPS) is 26.6. The zero-order valence-electron chi connectivity index (χ0n) is 70.0. The lowest BCUT2D eigenvalue weighted by atomic mass is 9.77.